The van der Waals surface area contributed by atoms with E-state index < -0.39 is 11.2 Å². The number of hydrazone groups is 1. The Morgan fingerprint density at radius 2 is 1.88 bits per heavy atom. The Labute approximate surface area is 149 Å². The summed E-state index contributed by atoms with van der Waals surface area (Å²) in [6.45, 7) is 2.47. The van der Waals surface area contributed by atoms with Crippen LogP contribution in [0.15, 0.2) is 39.0 Å². The molecule has 0 fully saturated rings. The lowest BCUT2D eigenvalue weighted by Crippen LogP contribution is -2.37. The second kappa shape index (κ2) is 6.87. The Bertz CT molecular complexity index is 1110. The average molecular weight is 356 g/mol. The highest BCUT2D eigenvalue weighted by Crippen LogP contribution is 2.16. The fourth-order valence-corrected chi connectivity index (χ4v) is 2.65. The predicted molar refractivity (Wildman–Crippen MR) is 100 cm³/mol. The molecule has 2 aromatic heterocycles. The number of hydrogen-bond acceptors (Lipinski definition) is 6. The largest absolute Gasteiger partial charge is 0.493 e. The van der Waals surface area contributed by atoms with Crippen LogP contribution in [-0.2, 0) is 21.1 Å². The van der Waals surface area contributed by atoms with Crippen molar-refractivity contribution >= 4 is 23.3 Å². The molecule has 0 amide bonds. The van der Waals surface area contributed by atoms with E-state index in [9.17, 15) is 9.59 Å². The molecule has 0 saturated carbocycles. The maximum Gasteiger partial charge on any atom is 0.332 e. The minimum absolute atomic E-state index is 0.299. The predicted octanol–water partition coefficient (Wildman–Crippen LogP) is 0.815. The van der Waals surface area contributed by atoms with Crippen molar-refractivity contribution in [3.05, 3.63) is 50.7 Å². The van der Waals surface area contributed by atoms with Crippen molar-refractivity contribution in [2.24, 2.45) is 26.2 Å². The number of aryl methyl sites for hydroxylation is 2. The number of aromatic nitrogens is 4. The second-order valence-electron chi connectivity index (χ2n) is 5.71. The van der Waals surface area contributed by atoms with Crippen molar-refractivity contribution in [3.63, 3.8) is 0 Å². The van der Waals surface area contributed by atoms with Gasteiger partial charge in [-0.25, -0.2) is 10.2 Å². The summed E-state index contributed by atoms with van der Waals surface area (Å²) in [7, 11) is 4.70. The first-order chi connectivity index (χ1) is 12.5. The molecule has 0 aliphatic rings. The van der Waals surface area contributed by atoms with Crippen molar-refractivity contribution in [2.75, 3.05) is 12.0 Å². The van der Waals surface area contributed by atoms with Crippen LogP contribution >= 0.6 is 0 Å². The van der Waals surface area contributed by atoms with Crippen molar-refractivity contribution < 1.29 is 4.74 Å². The zero-order valence-electron chi connectivity index (χ0n) is 15.1. The highest BCUT2D eigenvalue weighted by atomic mass is 16.5. The summed E-state index contributed by atoms with van der Waals surface area (Å²) in [4.78, 5) is 28.7. The Kier molecular flexibility index (Phi) is 4.61. The smallest absolute Gasteiger partial charge is 0.332 e. The average Bonchev–Trinajstić information content (AvgIpc) is 2.97. The molecule has 1 aromatic carbocycles. The van der Waals surface area contributed by atoms with Crippen LogP contribution in [-0.4, -0.2) is 31.5 Å². The van der Waals surface area contributed by atoms with Gasteiger partial charge in [0.15, 0.2) is 11.2 Å². The standard InChI is InChI=1S/C17H20N6O3/c1-5-26-12-9-7-6-8-11(12)10-18-20-16-19-14-13(21(16)2)15(24)23(4)17(25)22(14)3/h6-10H,5H2,1-4H3,(H,19,20)/b18-10-. The number of para-hydroxylation sites is 1. The van der Waals surface area contributed by atoms with Gasteiger partial charge >= 0.3 is 5.69 Å². The van der Waals surface area contributed by atoms with Gasteiger partial charge in [-0.3, -0.25) is 13.9 Å². The van der Waals surface area contributed by atoms with Crippen molar-refractivity contribution in [1.29, 1.82) is 0 Å². The number of benzene rings is 1. The van der Waals surface area contributed by atoms with Gasteiger partial charge in [0.25, 0.3) is 5.56 Å². The van der Waals surface area contributed by atoms with E-state index in [-0.39, 0.29) is 0 Å². The molecule has 0 bridgehead atoms. The van der Waals surface area contributed by atoms with E-state index in [4.69, 9.17) is 4.74 Å². The van der Waals surface area contributed by atoms with Crippen LogP contribution in [0.4, 0.5) is 5.95 Å². The fraction of sp³-hybridized carbons (Fsp3) is 0.294. The topological polar surface area (TPSA) is 95.4 Å². The summed E-state index contributed by atoms with van der Waals surface area (Å²) in [6, 6.07) is 7.51. The molecule has 9 heteroatoms. The monoisotopic (exact) mass is 356 g/mol. The molecule has 2 heterocycles. The third-order valence-corrected chi connectivity index (χ3v) is 4.06. The molecule has 3 aromatic rings. The maximum atomic E-state index is 12.4. The van der Waals surface area contributed by atoms with E-state index in [2.05, 4.69) is 15.5 Å². The van der Waals surface area contributed by atoms with Crippen LogP contribution in [0.3, 0.4) is 0 Å². The number of rotatable bonds is 5. The molecule has 26 heavy (non-hydrogen) atoms. The van der Waals surface area contributed by atoms with Gasteiger partial charge in [0, 0.05) is 26.7 Å². The fourth-order valence-electron chi connectivity index (χ4n) is 2.65. The third kappa shape index (κ3) is 2.87. The Morgan fingerprint density at radius 3 is 2.62 bits per heavy atom. The molecule has 0 saturated heterocycles. The molecule has 0 aliphatic heterocycles. The number of ether oxygens (including phenoxy) is 1. The van der Waals surface area contributed by atoms with Gasteiger partial charge in [-0.05, 0) is 19.1 Å². The zero-order valence-corrected chi connectivity index (χ0v) is 15.1. The lowest BCUT2D eigenvalue weighted by atomic mass is 10.2. The minimum Gasteiger partial charge on any atom is -0.493 e. The highest BCUT2D eigenvalue weighted by molar-refractivity contribution is 5.84. The number of hydrogen-bond donors (Lipinski definition) is 1. The van der Waals surface area contributed by atoms with Crippen molar-refractivity contribution in [3.8, 4) is 5.75 Å². The maximum absolute atomic E-state index is 12.4. The number of fused-ring (bicyclic) bond motifs is 1. The van der Waals surface area contributed by atoms with Crippen LogP contribution < -0.4 is 21.4 Å². The number of anilines is 1. The van der Waals surface area contributed by atoms with Crippen molar-refractivity contribution in [2.45, 2.75) is 6.92 Å². The van der Waals surface area contributed by atoms with E-state index in [0.717, 1.165) is 15.9 Å². The molecule has 0 spiro atoms. The van der Waals surface area contributed by atoms with Gasteiger partial charge in [-0.15, -0.1) is 0 Å². The first-order valence-electron chi connectivity index (χ1n) is 8.09. The molecule has 136 valence electrons. The third-order valence-electron chi connectivity index (χ3n) is 4.06. The Hall–Kier alpha value is -3.36. The summed E-state index contributed by atoms with van der Waals surface area (Å²) in [6.07, 6.45) is 1.61. The highest BCUT2D eigenvalue weighted by Gasteiger charge is 2.16. The van der Waals surface area contributed by atoms with Gasteiger partial charge in [-0.1, -0.05) is 12.1 Å². The number of imidazole rings is 1. The van der Waals surface area contributed by atoms with Crippen LogP contribution in [0.2, 0.25) is 0 Å². The second-order valence-corrected chi connectivity index (χ2v) is 5.71. The Balaban J connectivity index is 1.97. The molecule has 3 rings (SSSR count). The van der Waals surface area contributed by atoms with Crippen LogP contribution in [0.25, 0.3) is 11.2 Å². The molecule has 1 N–H and O–H groups in total. The van der Waals surface area contributed by atoms with Gasteiger partial charge in [-0.2, -0.15) is 10.1 Å². The molecule has 0 atom stereocenters. The normalized spacial score (nSPS) is 11.4. The molecular formula is C17H20N6O3. The molecule has 0 radical (unpaired) electrons. The van der Waals surface area contributed by atoms with Gasteiger partial charge in [0.2, 0.25) is 5.95 Å². The summed E-state index contributed by atoms with van der Waals surface area (Å²) in [5, 5.41) is 4.18. The van der Waals surface area contributed by atoms with Crippen LogP contribution in [0.5, 0.6) is 5.75 Å². The first-order valence-corrected chi connectivity index (χ1v) is 8.09. The van der Waals surface area contributed by atoms with E-state index in [0.29, 0.717) is 23.7 Å². The minimum atomic E-state index is -0.429. The van der Waals surface area contributed by atoms with Gasteiger partial charge in [0.1, 0.15) is 5.75 Å². The quantitative estimate of drug-likeness (QED) is 0.539. The van der Waals surface area contributed by atoms with Crippen LogP contribution in [0.1, 0.15) is 12.5 Å². The Morgan fingerprint density at radius 1 is 1.15 bits per heavy atom. The first kappa shape index (κ1) is 17.5. The summed E-state index contributed by atoms with van der Waals surface area (Å²) < 4.78 is 9.50. The lowest BCUT2D eigenvalue weighted by molar-refractivity contribution is 0.340. The molecule has 0 unspecified atom stereocenters. The zero-order chi connectivity index (χ0) is 18.8. The van der Waals surface area contributed by atoms with E-state index in [1.807, 2.05) is 31.2 Å². The SMILES string of the molecule is CCOc1ccccc1/C=N\Nc1nc2c(c(=O)n(C)c(=O)n2C)n1C. The van der Waals surface area contributed by atoms with Crippen LogP contribution in [0, 0.1) is 0 Å². The molecule has 9 nitrogen and oxygen atoms in total. The molecule has 0 aliphatic carbocycles. The van der Waals surface area contributed by atoms with E-state index in [1.165, 1.54) is 11.6 Å². The number of nitrogens with zero attached hydrogens (tertiary/aromatic N) is 5. The molecular weight excluding hydrogens is 336 g/mol. The lowest BCUT2D eigenvalue weighted by Gasteiger charge is -2.06. The van der Waals surface area contributed by atoms with Gasteiger partial charge in [0.05, 0.1) is 12.8 Å². The summed E-state index contributed by atoms with van der Waals surface area (Å²) >= 11 is 0. The number of nitrogens with one attached hydrogen (secondary N) is 1. The van der Waals surface area contributed by atoms with E-state index in [1.54, 1.807) is 24.9 Å². The van der Waals surface area contributed by atoms with Gasteiger partial charge < -0.3 is 9.30 Å². The van der Waals surface area contributed by atoms with E-state index >= 15 is 0 Å². The summed E-state index contributed by atoms with van der Waals surface area (Å²) in [5.41, 5.74) is 3.41. The summed E-state index contributed by atoms with van der Waals surface area (Å²) in [5.74, 6) is 1.07. The van der Waals surface area contributed by atoms with Crippen molar-refractivity contribution in [1.82, 2.24) is 18.7 Å².